The smallest absolute Gasteiger partial charge is 0.353 e. The molecule has 1 fully saturated rings. The minimum Gasteiger partial charge on any atom is -0.353 e. The monoisotopic (exact) mass is 512 g/mol. The Morgan fingerprint density at radius 1 is 0.972 bits per heavy atom. The molecule has 1 aliphatic carbocycles. The molecule has 2 aliphatic rings. The number of rotatable bonds is 5. The average molecular weight is 512 g/mol. The second-order valence-electron chi connectivity index (χ2n) is 9.34. The van der Waals surface area contributed by atoms with E-state index < -0.39 is 47.3 Å². The minimum atomic E-state index is -5.05. The summed E-state index contributed by atoms with van der Waals surface area (Å²) in [6.45, 7) is 1.80. The highest BCUT2D eigenvalue weighted by atomic mass is 19.4. The van der Waals surface area contributed by atoms with E-state index in [4.69, 9.17) is 0 Å². The predicted molar refractivity (Wildman–Crippen MR) is 120 cm³/mol. The lowest BCUT2D eigenvalue weighted by Crippen LogP contribution is -2.49. The highest BCUT2D eigenvalue weighted by Gasteiger charge is 2.46. The van der Waals surface area contributed by atoms with Crippen molar-refractivity contribution < 1.29 is 35.9 Å². The summed E-state index contributed by atoms with van der Waals surface area (Å²) >= 11 is 0. The van der Waals surface area contributed by atoms with Crippen LogP contribution in [-0.2, 0) is 17.1 Å². The second kappa shape index (κ2) is 9.78. The van der Waals surface area contributed by atoms with Crippen LogP contribution in [0.15, 0.2) is 42.5 Å². The summed E-state index contributed by atoms with van der Waals surface area (Å²) in [6, 6.07) is 6.12. The van der Waals surface area contributed by atoms with Crippen LogP contribution < -0.4 is 5.32 Å². The van der Waals surface area contributed by atoms with Gasteiger partial charge < -0.3 is 10.2 Å². The van der Waals surface area contributed by atoms with Crippen molar-refractivity contribution in [2.24, 2.45) is 0 Å². The molecule has 2 amide bonds. The third-order valence-corrected chi connectivity index (χ3v) is 6.84. The van der Waals surface area contributed by atoms with Gasteiger partial charge in [0.1, 0.15) is 0 Å². The zero-order valence-corrected chi connectivity index (χ0v) is 19.5. The zero-order chi connectivity index (χ0) is 26.3. The van der Waals surface area contributed by atoms with Crippen LogP contribution in [0.2, 0.25) is 0 Å². The van der Waals surface area contributed by atoms with E-state index in [1.807, 2.05) is 0 Å². The molecule has 0 saturated heterocycles. The highest BCUT2D eigenvalue weighted by Crippen LogP contribution is 2.46. The molecule has 36 heavy (non-hydrogen) atoms. The Kier molecular flexibility index (Phi) is 7.07. The van der Waals surface area contributed by atoms with Gasteiger partial charge in [-0.05, 0) is 54.7 Å². The molecule has 2 aromatic carbocycles. The first kappa shape index (κ1) is 26.0. The van der Waals surface area contributed by atoms with Gasteiger partial charge in [0.2, 0.25) is 5.91 Å². The van der Waals surface area contributed by atoms with Crippen LogP contribution in [-0.4, -0.2) is 29.3 Å². The average Bonchev–Trinajstić information content (AvgIpc) is 3.32. The maximum Gasteiger partial charge on any atom is 0.416 e. The quantitative estimate of drug-likeness (QED) is 0.467. The maximum atomic E-state index is 13.7. The highest BCUT2D eigenvalue weighted by molar-refractivity contribution is 6.01. The van der Waals surface area contributed by atoms with E-state index in [-0.39, 0.29) is 29.8 Å². The van der Waals surface area contributed by atoms with Gasteiger partial charge in [-0.25, -0.2) is 0 Å². The molecule has 1 saturated carbocycles. The normalized spacial score (nSPS) is 21.0. The number of hydrogen-bond donors (Lipinski definition) is 1. The molecule has 1 heterocycles. The lowest BCUT2D eigenvalue weighted by atomic mass is 9.78. The Morgan fingerprint density at radius 3 is 2.11 bits per heavy atom. The molecule has 0 spiro atoms. The first-order chi connectivity index (χ1) is 16.9. The Morgan fingerprint density at radius 2 is 1.56 bits per heavy atom. The van der Waals surface area contributed by atoms with Crippen LogP contribution >= 0.6 is 0 Å². The molecule has 0 bridgehead atoms. The van der Waals surface area contributed by atoms with Gasteiger partial charge in [-0.2, -0.15) is 26.3 Å². The minimum absolute atomic E-state index is 0.0554. The first-order valence-electron chi connectivity index (χ1n) is 11.9. The largest absolute Gasteiger partial charge is 0.416 e. The van der Waals surface area contributed by atoms with Gasteiger partial charge in [-0.3, -0.25) is 9.59 Å². The van der Waals surface area contributed by atoms with Crippen molar-refractivity contribution in [3.05, 3.63) is 70.3 Å². The fourth-order valence-electron chi connectivity index (χ4n) is 5.24. The van der Waals surface area contributed by atoms with Crippen molar-refractivity contribution in [1.29, 1.82) is 0 Å². The number of alkyl halides is 6. The molecule has 10 heteroatoms. The van der Waals surface area contributed by atoms with Crippen LogP contribution in [0.5, 0.6) is 0 Å². The van der Waals surface area contributed by atoms with E-state index in [9.17, 15) is 35.9 Å². The number of benzene rings is 2. The van der Waals surface area contributed by atoms with Crippen molar-refractivity contribution >= 4 is 11.8 Å². The lowest BCUT2D eigenvalue weighted by molar-refractivity contribution is -0.143. The zero-order valence-electron chi connectivity index (χ0n) is 19.5. The van der Waals surface area contributed by atoms with E-state index >= 15 is 0 Å². The molecule has 2 aromatic rings. The van der Waals surface area contributed by atoms with Gasteiger partial charge in [0.15, 0.2) is 0 Å². The van der Waals surface area contributed by atoms with E-state index in [0.717, 1.165) is 25.7 Å². The van der Waals surface area contributed by atoms with Crippen LogP contribution in [0.4, 0.5) is 26.3 Å². The fraction of sp³-hybridized carbons (Fsp3) is 0.462. The van der Waals surface area contributed by atoms with E-state index in [1.54, 1.807) is 25.1 Å². The molecule has 1 aliphatic heterocycles. The van der Waals surface area contributed by atoms with Crippen molar-refractivity contribution in [2.45, 2.75) is 69.4 Å². The van der Waals surface area contributed by atoms with Gasteiger partial charge in [-0.1, -0.05) is 38.0 Å². The topological polar surface area (TPSA) is 49.4 Å². The predicted octanol–water partition coefficient (Wildman–Crippen LogP) is 6.47. The standard InChI is InChI=1S/C26H26F6N2O2/c1-2-11-34-22(15-12-16(25(27,28)29)14-17(13-15)26(30,31)32)21(23(35)33-18-7-3-4-8-18)19-9-5-6-10-20(19)24(34)36/h5-6,9-10,12-14,18,21-22H,2-4,7-8,11H2,1H3,(H,33,35). The Balaban J connectivity index is 1.93. The first-order valence-corrected chi connectivity index (χ1v) is 11.9. The van der Waals surface area contributed by atoms with Crippen LogP contribution in [0.1, 0.15) is 83.6 Å². The number of amides is 2. The van der Waals surface area contributed by atoms with Crippen LogP contribution in [0.25, 0.3) is 0 Å². The Hall–Kier alpha value is -3.04. The fourth-order valence-corrected chi connectivity index (χ4v) is 5.24. The van der Waals surface area contributed by atoms with Crippen molar-refractivity contribution in [2.75, 3.05) is 6.54 Å². The molecule has 4 nitrogen and oxygen atoms in total. The number of nitrogens with zero attached hydrogens (tertiary/aromatic N) is 1. The summed E-state index contributed by atoms with van der Waals surface area (Å²) in [5.41, 5.74) is -2.83. The summed E-state index contributed by atoms with van der Waals surface area (Å²) in [5, 5.41) is 2.94. The molecule has 2 unspecified atom stereocenters. The van der Waals surface area contributed by atoms with E-state index in [2.05, 4.69) is 5.32 Å². The summed E-state index contributed by atoms with van der Waals surface area (Å²) < 4.78 is 82.0. The summed E-state index contributed by atoms with van der Waals surface area (Å²) in [5.74, 6) is -2.22. The number of carbonyl (C=O) groups excluding carboxylic acids is 2. The number of halogens is 6. The van der Waals surface area contributed by atoms with Gasteiger partial charge in [0, 0.05) is 18.2 Å². The number of carbonyl (C=O) groups is 2. The van der Waals surface area contributed by atoms with Crippen LogP contribution in [0, 0.1) is 0 Å². The molecule has 0 aromatic heterocycles. The maximum absolute atomic E-state index is 13.7. The SMILES string of the molecule is CCCN1C(=O)c2ccccc2C(C(=O)NC2CCCC2)C1c1cc(C(F)(F)F)cc(C(F)(F)F)c1. The Labute approximate surface area is 204 Å². The summed E-state index contributed by atoms with van der Waals surface area (Å²) in [6.07, 6.45) is -6.40. The van der Waals surface area contributed by atoms with Crippen molar-refractivity contribution in [1.82, 2.24) is 10.2 Å². The third kappa shape index (κ3) is 5.08. The molecule has 194 valence electrons. The van der Waals surface area contributed by atoms with Gasteiger partial charge >= 0.3 is 12.4 Å². The van der Waals surface area contributed by atoms with E-state index in [0.29, 0.717) is 24.1 Å². The van der Waals surface area contributed by atoms with Crippen LogP contribution in [0.3, 0.4) is 0 Å². The van der Waals surface area contributed by atoms with Gasteiger partial charge in [0.25, 0.3) is 5.91 Å². The molecule has 0 radical (unpaired) electrons. The summed E-state index contributed by atoms with van der Waals surface area (Å²) in [4.78, 5) is 28.3. The molecule has 2 atom stereocenters. The molecule has 4 rings (SSSR count). The number of fused-ring (bicyclic) bond motifs is 1. The van der Waals surface area contributed by atoms with Gasteiger partial charge in [0.05, 0.1) is 23.1 Å². The van der Waals surface area contributed by atoms with Crippen molar-refractivity contribution in [3.8, 4) is 0 Å². The van der Waals surface area contributed by atoms with Gasteiger partial charge in [-0.15, -0.1) is 0 Å². The summed E-state index contributed by atoms with van der Waals surface area (Å²) in [7, 11) is 0. The van der Waals surface area contributed by atoms with Crippen molar-refractivity contribution in [3.63, 3.8) is 0 Å². The molecule has 1 N–H and O–H groups in total. The van der Waals surface area contributed by atoms with E-state index in [1.165, 1.54) is 11.0 Å². The number of hydrogen-bond acceptors (Lipinski definition) is 2. The lowest BCUT2D eigenvalue weighted by Gasteiger charge is -2.42. The third-order valence-electron chi connectivity index (χ3n) is 6.84. The Bertz CT molecular complexity index is 1110. The molecular weight excluding hydrogens is 486 g/mol. The second-order valence-corrected chi connectivity index (χ2v) is 9.34. The molecular formula is C26H26F6N2O2. The number of nitrogens with one attached hydrogen (secondary N) is 1.